The molecule has 0 saturated heterocycles. The summed E-state index contributed by atoms with van der Waals surface area (Å²) in [6.45, 7) is 1.41. The van der Waals surface area contributed by atoms with Gasteiger partial charge in [-0.1, -0.05) is 6.07 Å². The minimum Gasteiger partial charge on any atom is -0.416 e. The second-order valence-corrected chi connectivity index (χ2v) is 10.3. The number of nitrogens with zero attached hydrogens (tertiary/aromatic N) is 1. The van der Waals surface area contributed by atoms with Crippen molar-refractivity contribution in [2.24, 2.45) is 0 Å². The Morgan fingerprint density at radius 1 is 1.16 bits per heavy atom. The lowest BCUT2D eigenvalue weighted by atomic mass is 10.1. The Morgan fingerprint density at radius 2 is 1.81 bits per heavy atom. The van der Waals surface area contributed by atoms with E-state index in [9.17, 15) is 35.2 Å². The van der Waals surface area contributed by atoms with Gasteiger partial charge >= 0.3 is 12.3 Å². The molecule has 1 amide bonds. The highest BCUT2D eigenvalue weighted by Gasteiger charge is 2.34. The fraction of sp³-hybridized carbons (Fsp3) is 0.304. The quantitative estimate of drug-likeness (QED) is 0.362. The summed E-state index contributed by atoms with van der Waals surface area (Å²) in [4.78, 5) is 16.4. The highest BCUT2D eigenvalue weighted by Crippen LogP contribution is 2.46. The van der Waals surface area contributed by atoms with Crippen LogP contribution in [0.4, 0.5) is 27.6 Å². The number of aromatic nitrogens is 1. The zero-order valence-corrected chi connectivity index (χ0v) is 20.1. The summed E-state index contributed by atoms with van der Waals surface area (Å²) < 4.78 is 103. The van der Waals surface area contributed by atoms with Gasteiger partial charge < -0.3 is 14.5 Å². The number of halogens is 5. The van der Waals surface area contributed by atoms with Crippen molar-refractivity contribution in [1.29, 1.82) is 0 Å². The summed E-state index contributed by atoms with van der Waals surface area (Å²) in [6, 6.07) is 3.90. The molecule has 0 bridgehead atoms. The molecule has 1 unspecified atom stereocenters. The van der Waals surface area contributed by atoms with Gasteiger partial charge in [0.15, 0.2) is 17.3 Å². The molecule has 0 aliphatic heterocycles. The van der Waals surface area contributed by atoms with Crippen LogP contribution in [0.5, 0.6) is 11.8 Å². The monoisotopic (exact) mass is 545 g/mol. The molecule has 8 nitrogen and oxygen atoms in total. The number of carbonyl (C=O) groups excluding carboxylic acids is 1. The van der Waals surface area contributed by atoms with E-state index in [1.807, 2.05) is 0 Å². The number of anilines is 1. The Balaban J connectivity index is 1.48. The van der Waals surface area contributed by atoms with Crippen molar-refractivity contribution in [2.75, 3.05) is 11.0 Å². The number of rotatable bonds is 8. The van der Waals surface area contributed by atoms with Gasteiger partial charge in [0.1, 0.15) is 17.7 Å². The third-order valence-corrected chi connectivity index (χ3v) is 6.05. The number of ether oxygens (including phenoxy) is 1. The van der Waals surface area contributed by atoms with Crippen LogP contribution < -0.4 is 14.8 Å². The van der Waals surface area contributed by atoms with E-state index in [0.717, 1.165) is 49.6 Å². The number of hydrogen-bond donors (Lipinski definition) is 2. The molecule has 1 atom stereocenters. The Bertz CT molecular complexity index is 1430. The van der Waals surface area contributed by atoms with E-state index in [2.05, 4.69) is 10.3 Å². The van der Waals surface area contributed by atoms with Gasteiger partial charge in [-0.3, -0.25) is 9.52 Å². The Labute approximate surface area is 207 Å². The Kier molecular flexibility index (Phi) is 6.88. The maximum atomic E-state index is 14.3. The van der Waals surface area contributed by atoms with Crippen molar-refractivity contribution in [1.82, 2.24) is 10.3 Å². The van der Waals surface area contributed by atoms with Gasteiger partial charge in [0.25, 0.3) is 5.91 Å². The second-order valence-electron chi connectivity index (χ2n) is 8.55. The predicted octanol–water partition coefficient (Wildman–Crippen LogP) is 5.50. The van der Waals surface area contributed by atoms with Crippen LogP contribution in [0.15, 0.2) is 41.0 Å². The molecule has 1 aliphatic carbocycles. The van der Waals surface area contributed by atoms with Crippen molar-refractivity contribution in [3.63, 3.8) is 0 Å². The number of hydrogen-bond acceptors (Lipinski definition) is 6. The highest BCUT2D eigenvalue weighted by molar-refractivity contribution is 7.92. The average molecular weight is 545 g/mol. The first-order chi connectivity index (χ1) is 17.2. The van der Waals surface area contributed by atoms with E-state index >= 15 is 0 Å². The fourth-order valence-corrected chi connectivity index (χ4v) is 4.08. The average Bonchev–Trinajstić information content (AvgIpc) is 3.52. The zero-order valence-electron chi connectivity index (χ0n) is 19.3. The number of sulfonamides is 1. The highest BCUT2D eigenvalue weighted by atomic mass is 32.2. The summed E-state index contributed by atoms with van der Waals surface area (Å²) >= 11 is 0. The van der Waals surface area contributed by atoms with Crippen molar-refractivity contribution < 1.29 is 44.3 Å². The van der Waals surface area contributed by atoms with Gasteiger partial charge in [0, 0.05) is 0 Å². The summed E-state index contributed by atoms with van der Waals surface area (Å²) in [6.07, 6.45) is -1.81. The normalized spacial score (nSPS) is 14.8. The molecular formula is C23H20F5N3O5S. The molecule has 2 aromatic carbocycles. The molecule has 2 N–H and O–H groups in total. The van der Waals surface area contributed by atoms with Crippen LogP contribution in [-0.4, -0.2) is 25.6 Å². The van der Waals surface area contributed by atoms with Gasteiger partial charge in [-0.05, 0) is 61.1 Å². The number of alkyl halides is 3. The standard InChI is InChI=1S/C23H20F5N3O5S/c1-11(13-7-16(24)20(17(25)8-13)31-37(2,33)34)29-21(32)18-10-35-22(30-18)36-19-9-14(23(26,27)28)5-6-15(19)12-3-4-12/h5-12,31H,3-4H2,1-2H3,(H,29,32). The minimum absolute atomic E-state index is 0.0135. The maximum Gasteiger partial charge on any atom is 0.416 e. The van der Waals surface area contributed by atoms with Crippen LogP contribution in [0.25, 0.3) is 0 Å². The number of carbonyl (C=O) groups is 1. The first-order valence-electron chi connectivity index (χ1n) is 10.8. The molecule has 198 valence electrons. The van der Waals surface area contributed by atoms with E-state index < -0.39 is 57.1 Å². The van der Waals surface area contributed by atoms with Crippen molar-refractivity contribution in [3.8, 4) is 11.8 Å². The van der Waals surface area contributed by atoms with E-state index in [4.69, 9.17) is 9.15 Å². The van der Waals surface area contributed by atoms with Crippen LogP contribution in [0.1, 0.15) is 58.9 Å². The smallest absolute Gasteiger partial charge is 0.416 e. The first-order valence-corrected chi connectivity index (χ1v) is 12.7. The SMILES string of the molecule is CC(NC(=O)c1coc(Oc2cc(C(F)(F)F)ccc2C2CC2)n1)c1cc(F)c(NS(C)(=O)=O)c(F)c1. The number of nitrogens with one attached hydrogen (secondary N) is 2. The van der Waals surface area contributed by atoms with Gasteiger partial charge in [0.05, 0.1) is 17.9 Å². The third kappa shape index (κ3) is 6.37. The van der Waals surface area contributed by atoms with E-state index in [0.29, 0.717) is 5.56 Å². The van der Waals surface area contributed by atoms with Gasteiger partial charge in [0.2, 0.25) is 10.0 Å². The molecule has 0 radical (unpaired) electrons. The van der Waals surface area contributed by atoms with E-state index in [-0.39, 0.29) is 22.9 Å². The minimum atomic E-state index is -4.59. The topological polar surface area (TPSA) is 111 Å². The van der Waals surface area contributed by atoms with Crippen LogP contribution in [-0.2, 0) is 16.2 Å². The van der Waals surface area contributed by atoms with Crippen LogP contribution in [0, 0.1) is 11.6 Å². The molecule has 1 saturated carbocycles. The molecular weight excluding hydrogens is 525 g/mol. The second kappa shape index (κ2) is 9.65. The Morgan fingerprint density at radius 3 is 2.38 bits per heavy atom. The number of oxazole rings is 1. The van der Waals surface area contributed by atoms with Gasteiger partial charge in [-0.2, -0.15) is 18.2 Å². The molecule has 14 heteroatoms. The number of benzene rings is 2. The summed E-state index contributed by atoms with van der Waals surface area (Å²) in [5.74, 6) is -3.24. The molecule has 1 aliphatic rings. The van der Waals surface area contributed by atoms with Crippen molar-refractivity contribution in [2.45, 2.75) is 37.9 Å². The fourth-order valence-electron chi connectivity index (χ4n) is 3.51. The Hall–Kier alpha value is -3.68. The van der Waals surface area contributed by atoms with Crippen LogP contribution in [0.3, 0.4) is 0 Å². The molecule has 4 rings (SSSR count). The maximum absolute atomic E-state index is 14.3. The van der Waals surface area contributed by atoms with Crippen molar-refractivity contribution in [3.05, 3.63) is 70.6 Å². The van der Waals surface area contributed by atoms with Crippen LogP contribution >= 0.6 is 0 Å². The van der Waals surface area contributed by atoms with Crippen molar-refractivity contribution >= 4 is 21.6 Å². The molecule has 1 aromatic heterocycles. The largest absolute Gasteiger partial charge is 0.416 e. The number of amides is 1. The van der Waals surface area contributed by atoms with E-state index in [1.54, 1.807) is 4.72 Å². The third-order valence-electron chi connectivity index (χ3n) is 5.47. The van der Waals surface area contributed by atoms with Gasteiger partial charge in [-0.25, -0.2) is 17.2 Å². The molecule has 1 heterocycles. The first kappa shape index (κ1) is 26.4. The van der Waals surface area contributed by atoms with Crippen LogP contribution in [0.2, 0.25) is 0 Å². The summed E-state index contributed by atoms with van der Waals surface area (Å²) in [7, 11) is -3.93. The van der Waals surface area contributed by atoms with E-state index in [1.165, 1.54) is 13.0 Å². The lowest BCUT2D eigenvalue weighted by molar-refractivity contribution is -0.137. The summed E-state index contributed by atoms with van der Waals surface area (Å²) in [5.41, 5.74) is -1.52. The zero-order chi connectivity index (χ0) is 27.1. The molecule has 37 heavy (non-hydrogen) atoms. The lowest BCUT2D eigenvalue weighted by Crippen LogP contribution is -2.27. The molecule has 1 fully saturated rings. The lowest BCUT2D eigenvalue weighted by Gasteiger charge is -2.15. The van der Waals surface area contributed by atoms with Gasteiger partial charge in [-0.15, -0.1) is 0 Å². The molecule has 0 spiro atoms. The molecule has 3 aromatic rings. The summed E-state index contributed by atoms with van der Waals surface area (Å²) in [5, 5.41) is 2.44. The predicted molar refractivity (Wildman–Crippen MR) is 121 cm³/mol.